The summed E-state index contributed by atoms with van der Waals surface area (Å²) in [5.74, 6) is 0.545. The highest BCUT2D eigenvalue weighted by molar-refractivity contribution is 5.89. The molecule has 0 N–H and O–H groups in total. The smallest absolute Gasteiger partial charge is 0.284 e. The summed E-state index contributed by atoms with van der Waals surface area (Å²) in [4.78, 5) is 8.52. The quantitative estimate of drug-likeness (QED) is 0.507. The van der Waals surface area contributed by atoms with Crippen LogP contribution in [0.1, 0.15) is 0 Å². The molecule has 0 aliphatic rings. The Bertz CT molecular complexity index is 812. The van der Waals surface area contributed by atoms with Gasteiger partial charge in [0, 0.05) is 0 Å². The molecule has 4 nitrogen and oxygen atoms in total. The van der Waals surface area contributed by atoms with Crippen molar-refractivity contribution in [1.29, 1.82) is 0 Å². The van der Waals surface area contributed by atoms with E-state index in [0.717, 1.165) is 16.7 Å². The minimum absolute atomic E-state index is 0.545. The maximum atomic E-state index is 5.72. The molecule has 85 valence electrons. The standard InChI is InChI=1S/C14H7N2O2/c1-2-6-11-10(5-1)16-14(18-11)9-4-3-7-12-13(9)15-8-17-12/h1-7H. The summed E-state index contributed by atoms with van der Waals surface area (Å²) in [7, 11) is 0. The van der Waals surface area contributed by atoms with E-state index in [1.807, 2.05) is 42.5 Å². The van der Waals surface area contributed by atoms with Gasteiger partial charge in [-0.15, -0.1) is 0 Å². The van der Waals surface area contributed by atoms with Crippen LogP contribution in [0.5, 0.6) is 0 Å². The van der Waals surface area contributed by atoms with Gasteiger partial charge in [0.15, 0.2) is 11.2 Å². The van der Waals surface area contributed by atoms with Gasteiger partial charge in [0.05, 0.1) is 5.56 Å². The van der Waals surface area contributed by atoms with Crippen LogP contribution in [0.25, 0.3) is 33.7 Å². The fraction of sp³-hybridized carbons (Fsp3) is 0. The van der Waals surface area contributed by atoms with Crippen molar-refractivity contribution in [3.63, 3.8) is 0 Å². The summed E-state index contributed by atoms with van der Waals surface area (Å²) in [5.41, 5.74) is 3.79. The molecule has 4 rings (SSSR count). The molecule has 0 atom stereocenters. The molecule has 0 saturated heterocycles. The zero-order valence-corrected chi connectivity index (χ0v) is 9.25. The predicted molar refractivity (Wildman–Crippen MR) is 65.8 cm³/mol. The van der Waals surface area contributed by atoms with Crippen LogP contribution < -0.4 is 0 Å². The van der Waals surface area contributed by atoms with E-state index in [-0.39, 0.29) is 0 Å². The molecule has 0 fully saturated rings. The van der Waals surface area contributed by atoms with Crippen molar-refractivity contribution in [2.75, 3.05) is 0 Å². The highest BCUT2D eigenvalue weighted by atomic mass is 16.3. The highest BCUT2D eigenvalue weighted by Crippen LogP contribution is 2.29. The second-order valence-electron chi connectivity index (χ2n) is 3.94. The summed E-state index contributed by atoms with van der Waals surface area (Å²) in [6.45, 7) is 0. The van der Waals surface area contributed by atoms with Crippen LogP contribution >= 0.6 is 0 Å². The minimum Gasteiger partial charge on any atom is -0.436 e. The summed E-state index contributed by atoms with van der Waals surface area (Å²) in [5, 5.41) is 0. The number of oxazole rings is 2. The van der Waals surface area contributed by atoms with Gasteiger partial charge in [0.25, 0.3) is 6.39 Å². The maximum Gasteiger partial charge on any atom is 0.284 e. The third-order valence-electron chi connectivity index (χ3n) is 2.84. The molecule has 0 spiro atoms. The molecule has 4 heteroatoms. The lowest BCUT2D eigenvalue weighted by Gasteiger charge is -1.94. The van der Waals surface area contributed by atoms with Crippen LogP contribution in [0, 0.1) is 6.39 Å². The van der Waals surface area contributed by atoms with Crippen molar-refractivity contribution in [2.24, 2.45) is 0 Å². The van der Waals surface area contributed by atoms with Gasteiger partial charge < -0.3 is 8.83 Å². The zero-order valence-electron chi connectivity index (χ0n) is 9.25. The van der Waals surface area contributed by atoms with Crippen molar-refractivity contribution in [1.82, 2.24) is 9.97 Å². The van der Waals surface area contributed by atoms with E-state index in [2.05, 4.69) is 16.4 Å². The molecule has 0 aliphatic heterocycles. The first-order chi connectivity index (χ1) is 8.92. The van der Waals surface area contributed by atoms with Crippen molar-refractivity contribution in [3.05, 3.63) is 48.9 Å². The van der Waals surface area contributed by atoms with E-state index in [0.29, 0.717) is 17.0 Å². The Kier molecular flexibility index (Phi) is 1.80. The van der Waals surface area contributed by atoms with E-state index in [1.165, 1.54) is 0 Å². The van der Waals surface area contributed by atoms with Crippen LogP contribution in [-0.2, 0) is 0 Å². The van der Waals surface area contributed by atoms with Crippen LogP contribution in [0.15, 0.2) is 51.3 Å². The van der Waals surface area contributed by atoms with E-state index in [4.69, 9.17) is 8.83 Å². The van der Waals surface area contributed by atoms with Crippen molar-refractivity contribution in [2.45, 2.75) is 0 Å². The molecular formula is C14H7N2O2. The molecule has 2 heterocycles. The third kappa shape index (κ3) is 1.26. The van der Waals surface area contributed by atoms with Gasteiger partial charge in [-0.1, -0.05) is 18.2 Å². The summed E-state index contributed by atoms with van der Waals surface area (Å²) in [6.07, 6.45) is 2.49. The Morgan fingerprint density at radius 2 is 1.83 bits per heavy atom. The molecule has 2 aromatic carbocycles. The molecule has 0 aliphatic carbocycles. The molecule has 1 radical (unpaired) electrons. The van der Waals surface area contributed by atoms with Gasteiger partial charge in [0.2, 0.25) is 5.89 Å². The van der Waals surface area contributed by atoms with Crippen LogP contribution in [0.2, 0.25) is 0 Å². The molecule has 2 aromatic heterocycles. The summed E-state index contributed by atoms with van der Waals surface area (Å²) < 4.78 is 10.9. The minimum atomic E-state index is 0.545. The number of hydrogen-bond donors (Lipinski definition) is 0. The Morgan fingerprint density at radius 3 is 2.78 bits per heavy atom. The fourth-order valence-corrected chi connectivity index (χ4v) is 2.00. The van der Waals surface area contributed by atoms with Gasteiger partial charge in [-0.3, -0.25) is 0 Å². The van der Waals surface area contributed by atoms with Crippen molar-refractivity contribution in [3.8, 4) is 11.5 Å². The molecular weight excluding hydrogens is 228 g/mol. The van der Waals surface area contributed by atoms with Crippen LogP contribution in [0.3, 0.4) is 0 Å². The third-order valence-corrected chi connectivity index (χ3v) is 2.84. The first-order valence-electron chi connectivity index (χ1n) is 5.53. The SMILES string of the molecule is [c]1nc2c(-c3nc4ccccc4o3)cccc2o1. The van der Waals surface area contributed by atoms with Gasteiger partial charge in [-0.25, -0.2) is 9.97 Å². The number of hydrogen-bond acceptors (Lipinski definition) is 4. The average molecular weight is 235 g/mol. The number of aromatic nitrogens is 2. The van der Waals surface area contributed by atoms with Gasteiger partial charge in [-0.2, -0.15) is 0 Å². The lowest BCUT2D eigenvalue weighted by Crippen LogP contribution is -1.79. The monoisotopic (exact) mass is 235 g/mol. The largest absolute Gasteiger partial charge is 0.436 e. The molecule has 0 saturated carbocycles. The van der Waals surface area contributed by atoms with E-state index in [1.54, 1.807) is 0 Å². The van der Waals surface area contributed by atoms with Crippen LogP contribution in [0.4, 0.5) is 0 Å². The van der Waals surface area contributed by atoms with E-state index >= 15 is 0 Å². The van der Waals surface area contributed by atoms with Gasteiger partial charge in [0.1, 0.15) is 11.0 Å². The summed E-state index contributed by atoms with van der Waals surface area (Å²) >= 11 is 0. The molecule has 0 unspecified atom stereocenters. The number of nitrogens with zero attached hydrogens (tertiary/aromatic N) is 2. The molecule has 18 heavy (non-hydrogen) atoms. The average Bonchev–Trinajstić information content (AvgIpc) is 3.04. The van der Waals surface area contributed by atoms with E-state index < -0.39 is 0 Å². The second-order valence-corrected chi connectivity index (χ2v) is 3.94. The van der Waals surface area contributed by atoms with Crippen LogP contribution in [-0.4, -0.2) is 9.97 Å². The van der Waals surface area contributed by atoms with Gasteiger partial charge in [-0.05, 0) is 24.3 Å². The van der Waals surface area contributed by atoms with Gasteiger partial charge >= 0.3 is 0 Å². The normalized spacial score (nSPS) is 11.3. The topological polar surface area (TPSA) is 52.1 Å². The van der Waals surface area contributed by atoms with E-state index in [9.17, 15) is 0 Å². The first-order valence-corrected chi connectivity index (χ1v) is 5.53. The Morgan fingerprint density at radius 1 is 0.944 bits per heavy atom. The zero-order chi connectivity index (χ0) is 11.9. The highest BCUT2D eigenvalue weighted by Gasteiger charge is 2.13. The fourth-order valence-electron chi connectivity index (χ4n) is 2.00. The Labute approximate surface area is 102 Å². The molecule has 0 amide bonds. The molecule has 0 bridgehead atoms. The summed E-state index contributed by atoms with van der Waals surface area (Å²) in [6, 6.07) is 13.3. The number of rotatable bonds is 1. The Balaban J connectivity index is 2.04. The number of benzene rings is 2. The van der Waals surface area contributed by atoms with Crippen molar-refractivity contribution < 1.29 is 8.83 Å². The number of para-hydroxylation sites is 3. The molecule has 4 aromatic rings. The second kappa shape index (κ2) is 3.43. The lowest BCUT2D eigenvalue weighted by molar-refractivity contribution is 0.591. The predicted octanol–water partition coefficient (Wildman–Crippen LogP) is 3.44. The first kappa shape index (κ1) is 9.41. The number of fused-ring (bicyclic) bond motifs is 2. The maximum absolute atomic E-state index is 5.72. The Hall–Kier alpha value is -2.62. The lowest BCUT2D eigenvalue weighted by atomic mass is 10.2. The van der Waals surface area contributed by atoms with Crippen molar-refractivity contribution >= 4 is 22.2 Å².